The van der Waals surface area contributed by atoms with Gasteiger partial charge in [0.25, 0.3) is 0 Å². The molecule has 0 aliphatic heterocycles. The fourth-order valence-electron chi connectivity index (χ4n) is 2.00. The van der Waals surface area contributed by atoms with Crippen LogP contribution in [0.15, 0.2) is 42.5 Å². The number of hydrogen-bond donors (Lipinski definition) is 2. The summed E-state index contributed by atoms with van der Waals surface area (Å²) in [6.45, 7) is 1.49. The molecular weight excluding hydrogens is 265 g/mol. The highest BCUT2D eigenvalue weighted by Crippen LogP contribution is 2.21. The predicted octanol–water partition coefficient (Wildman–Crippen LogP) is 0.774. The molecule has 2 aromatic carbocycles. The molecule has 0 saturated heterocycles. The van der Waals surface area contributed by atoms with Gasteiger partial charge in [0.1, 0.15) is 12.4 Å². The van der Waals surface area contributed by atoms with Crippen molar-refractivity contribution in [3.05, 3.63) is 48.5 Å². The van der Waals surface area contributed by atoms with E-state index in [1.165, 1.54) is 0 Å². The van der Waals surface area contributed by atoms with Gasteiger partial charge in [-0.1, -0.05) is 30.3 Å². The van der Waals surface area contributed by atoms with Gasteiger partial charge in [-0.15, -0.1) is 0 Å². The van der Waals surface area contributed by atoms with E-state index in [1.807, 2.05) is 44.4 Å². The van der Waals surface area contributed by atoms with Crippen molar-refractivity contribution in [2.75, 3.05) is 27.2 Å². The number of nitrogens with zero attached hydrogens (tertiary/aromatic N) is 1. The highest BCUT2D eigenvalue weighted by atomic mass is 16.5. The third-order valence-corrected chi connectivity index (χ3v) is 3.15. The predicted molar refractivity (Wildman–Crippen MR) is 84.6 cm³/mol. The van der Waals surface area contributed by atoms with E-state index in [0.29, 0.717) is 12.1 Å². The molecule has 1 radical (unpaired) electrons. The third-order valence-electron chi connectivity index (χ3n) is 3.15. The van der Waals surface area contributed by atoms with Crippen LogP contribution >= 0.6 is 0 Å². The third kappa shape index (κ3) is 4.33. The molecular formula is C16H19BNO3. The van der Waals surface area contributed by atoms with Crippen molar-refractivity contribution in [1.82, 2.24) is 4.90 Å². The number of rotatable bonds is 6. The maximum atomic E-state index is 9.39. The minimum absolute atomic E-state index is 0.443. The number of hydrogen-bond acceptors (Lipinski definition) is 4. The van der Waals surface area contributed by atoms with Gasteiger partial charge in [0.05, 0.1) is 0 Å². The van der Waals surface area contributed by atoms with Crippen LogP contribution in [0.5, 0.6) is 5.75 Å². The highest BCUT2D eigenvalue weighted by molar-refractivity contribution is 6.60. The van der Waals surface area contributed by atoms with Gasteiger partial charge < -0.3 is 19.7 Å². The Morgan fingerprint density at radius 1 is 1.14 bits per heavy atom. The van der Waals surface area contributed by atoms with Gasteiger partial charge in [-0.3, -0.25) is 0 Å². The second kappa shape index (κ2) is 7.27. The highest BCUT2D eigenvalue weighted by Gasteiger charge is 2.16. The Morgan fingerprint density at radius 2 is 1.86 bits per heavy atom. The zero-order valence-electron chi connectivity index (χ0n) is 12.3. The molecule has 0 heterocycles. The molecule has 21 heavy (non-hydrogen) atoms. The van der Waals surface area contributed by atoms with Crippen LogP contribution in [-0.2, 0) is 0 Å². The van der Waals surface area contributed by atoms with E-state index in [2.05, 4.69) is 11.0 Å². The normalized spacial score (nSPS) is 10.7. The van der Waals surface area contributed by atoms with Crippen LogP contribution in [0.4, 0.5) is 0 Å². The molecule has 0 aliphatic rings. The van der Waals surface area contributed by atoms with Crippen LogP contribution in [0.1, 0.15) is 0 Å². The summed E-state index contributed by atoms with van der Waals surface area (Å²) in [6.07, 6.45) is 0. The molecule has 0 fully saturated rings. The molecule has 4 nitrogen and oxygen atoms in total. The van der Waals surface area contributed by atoms with E-state index < -0.39 is 7.12 Å². The van der Waals surface area contributed by atoms with Crippen LogP contribution in [0.2, 0.25) is 0 Å². The van der Waals surface area contributed by atoms with E-state index in [4.69, 9.17) is 4.74 Å². The minimum Gasteiger partial charge on any atom is -0.492 e. The van der Waals surface area contributed by atoms with Gasteiger partial charge in [-0.25, -0.2) is 0 Å². The van der Waals surface area contributed by atoms with E-state index in [1.54, 1.807) is 12.1 Å². The van der Waals surface area contributed by atoms with Crippen molar-refractivity contribution in [3.63, 3.8) is 0 Å². The molecule has 0 amide bonds. The summed E-state index contributed by atoms with van der Waals surface area (Å²) in [6, 6.07) is 15.6. The molecule has 0 aromatic heterocycles. The molecule has 2 aromatic rings. The molecule has 0 bridgehead atoms. The molecule has 2 rings (SSSR count). The molecule has 0 aliphatic carbocycles. The first-order valence-corrected chi connectivity index (χ1v) is 6.82. The lowest BCUT2D eigenvalue weighted by molar-refractivity contribution is 0.261. The van der Waals surface area contributed by atoms with Crippen LogP contribution in [0, 0.1) is 6.07 Å². The molecule has 0 atom stereocenters. The lowest BCUT2D eigenvalue weighted by Gasteiger charge is -2.12. The van der Waals surface area contributed by atoms with Gasteiger partial charge in [0.2, 0.25) is 0 Å². The van der Waals surface area contributed by atoms with Gasteiger partial charge in [0, 0.05) is 6.54 Å². The molecule has 0 unspecified atom stereocenters. The first-order chi connectivity index (χ1) is 10.1. The SMILES string of the molecule is CN(C)CCOc1ccc(-c2cc[c]cc2B(O)O)cc1. The van der Waals surface area contributed by atoms with Crippen LogP contribution in [0.3, 0.4) is 0 Å². The average Bonchev–Trinajstić information content (AvgIpc) is 2.47. The van der Waals surface area contributed by atoms with Gasteiger partial charge in [-0.2, -0.15) is 0 Å². The van der Waals surface area contributed by atoms with E-state index in [-0.39, 0.29) is 0 Å². The molecule has 0 spiro atoms. The van der Waals surface area contributed by atoms with E-state index >= 15 is 0 Å². The lowest BCUT2D eigenvalue weighted by Crippen LogP contribution is -2.31. The maximum absolute atomic E-state index is 9.39. The second-order valence-corrected chi connectivity index (χ2v) is 5.06. The van der Waals surface area contributed by atoms with Crippen LogP contribution in [0.25, 0.3) is 11.1 Å². The second-order valence-electron chi connectivity index (χ2n) is 5.06. The minimum atomic E-state index is -1.51. The largest absolute Gasteiger partial charge is 0.492 e. The van der Waals surface area contributed by atoms with Crippen molar-refractivity contribution in [1.29, 1.82) is 0 Å². The quantitative estimate of drug-likeness (QED) is 0.770. The van der Waals surface area contributed by atoms with E-state index in [0.717, 1.165) is 23.4 Å². The molecule has 109 valence electrons. The summed E-state index contributed by atoms with van der Waals surface area (Å²) in [5.41, 5.74) is 2.13. The zero-order valence-corrected chi connectivity index (χ0v) is 12.3. The monoisotopic (exact) mass is 284 g/mol. The summed E-state index contributed by atoms with van der Waals surface area (Å²) < 4.78 is 5.64. The standard InChI is InChI=1S/C16H19BNO3/c1-18(2)11-12-21-14-9-7-13(8-10-14)15-5-3-4-6-16(15)17(19)20/h3,5-10,19-20H,11-12H2,1-2H3. The Balaban J connectivity index is 2.12. The van der Waals surface area contributed by atoms with Crippen molar-refractivity contribution in [2.45, 2.75) is 0 Å². The fourth-order valence-corrected chi connectivity index (χ4v) is 2.00. The summed E-state index contributed by atoms with van der Waals surface area (Å²) in [5, 5.41) is 18.8. The Kier molecular flexibility index (Phi) is 5.39. The topological polar surface area (TPSA) is 52.9 Å². The smallest absolute Gasteiger partial charge is 0.489 e. The number of ether oxygens (including phenoxy) is 1. The first kappa shape index (κ1) is 15.6. The summed E-state index contributed by atoms with van der Waals surface area (Å²) in [4.78, 5) is 2.06. The van der Waals surface area contributed by atoms with E-state index in [9.17, 15) is 10.0 Å². The average molecular weight is 284 g/mol. The Labute approximate surface area is 125 Å². The van der Waals surface area contributed by atoms with Crippen molar-refractivity contribution >= 4 is 12.6 Å². The zero-order chi connectivity index (χ0) is 15.2. The number of benzene rings is 2. The van der Waals surface area contributed by atoms with Gasteiger partial charge in [-0.05, 0) is 48.9 Å². The van der Waals surface area contributed by atoms with Crippen LogP contribution in [-0.4, -0.2) is 49.3 Å². The molecule has 2 N–H and O–H groups in total. The Morgan fingerprint density at radius 3 is 2.48 bits per heavy atom. The van der Waals surface area contributed by atoms with Crippen LogP contribution < -0.4 is 10.2 Å². The van der Waals surface area contributed by atoms with Gasteiger partial charge >= 0.3 is 7.12 Å². The van der Waals surface area contributed by atoms with Gasteiger partial charge in [0.15, 0.2) is 0 Å². The summed E-state index contributed by atoms with van der Waals surface area (Å²) >= 11 is 0. The summed E-state index contributed by atoms with van der Waals surface area (Å²) in [7, 11) is 2.50. The lowest BCUT2D eigenvalue weighted by atomic mass is 9.75. The Hall–Kier alpha value is -1.82. The van der Waals surface area contributed by atoms with Crippen molar-refractivity contribution in [2.24, 2.45) is 0 Å². The summed E-state index contributed by atoms with van der Waals surface area (Å²) in [5.74, 6) is 0.800. The maximum Gasteiger partial charge on any atom is 0.489 e. The molecule has 0 saturated carbocycles. The molecule has 5 heteroatoms. The fraction of sp³-hybridized carbons (Fsp3) is 0.250. The Bertz CT molecular complexity index is 570. The number of likely N-dealkylation sites (N-methyl/N-ethyl adjacent to an activating group) is 1. The first-order valence-electron chi connectivity index (χ1n) is 6.82. The van der Waals surface area contributed by atoms with Crippen molar-refractivity contribution in [3.8, 4) is 16.9 Å². The van der Waals surface area contributed by atoms with Crippen molar-refractivity contribution < 1.29 is 14.8 Å².